The molecule has 1 aromatic heterocycles. The first-order valence-electron chi connectivity index (χ1n) is 2.46. The maximum absolute atomic E-state index is 5.39. The molecule has 0 atom stereocenters. The third-order valence-electron chi connectivity index (χ3n) is 1.05. The number of aromatic nitrogens is 1. The van der Waals surface area contributed by atoms with E-state index in [2.05, 4.69) is 4.98 Å². The molecule has 1 rings (SSSR count). The van der Waals surface area contributed by atoms with Crippen molar-refractivity contribution >= 4 is 29.5 Å². The van der Waals surface area contributed by atoms with Crippen molar-refractivity contribution in [3.8, 4) is 0 Å². The van der Waals surface area contributed by atoms with E-state index in [9.17, 15) is 0 Å². The average molecular weight is 161 g/mol. The monoisotopic (exact) mass is 160 g/mol. The molecule has 1 heterocycles. The number of rotatable bonds is 0. The SMILES string of the molecule is Cl.Nc1cncc(N)c1N. The van der Waals surface area contributed by atoms with Crippen molar-refractivity contribution in [3.63, 3.8) is 0 Å². The smallest absolute Gasteiger partial charge is 0.0813 e. The Kier molecular flexibility index (Phi) is 2.76. The van der Waals surface area contributed by atoms with Crippen LogP contribution < -0.4 is 17.2 Å². The fraction of sp³-hybridized carbons (Fsp3) is 0. The molecular formula is C5H9ClN4. The summed E-state index contributed by atoms with van der Waals surface area (Å²) in [6.07, 6.45) is 2.93. The molecular weight excluding hydrogens is 152 g/mol. The van der Waals surface area contributed by atoms with Gasteiger partial charge in [0.2, 0.25) is 0 Å². The minimum absolute atomic E-state index is 0. The molecule has 6 N–H and O–H groups in total. The lowest BCUT2D eigenvalue weighted by Gasteiger charge is -1.99. The van der Waals surface area contributed by atoms with Gasteiger partial charge in [0.1, 0.15) is 0 Å². The van der Waals surface area contributed by atoms with Gasteiger partial charge in [-0.25, -0.2) is 0 Å². The minimum Gasteiger partial charge on any atom is -0.396 e. The van der Waals surface area contributed by atoms with Crippen LogP contribution in [0.5, 0.6) is 0 Å². The fourth-order valence-electron chi connectivity index (χ4n) is 0.504. The van der Waals surface area contributed by atoms with E-state index in [-0.39, 0.29) is 12.4 Å². The van der Waals surface area contributed by atoms with Crippen molar-refractivity contribution in [3.05, 3.63) is 12.4 Å². The molecule has 0 unspecified atom stereocenters. The summed E-state index contributed by atoms with van der Waals surface area (Å²) in [4.78, 5) is 3.71. The third-order valence-corrected chi connectivity index (χ3v) is 1.05. The fourth-order valence-corrected chi connectivity index (χ4v) is 0.504. The second-order valence-corrected chi connectivity index (χ2v) is 1.73. The zero-order valence-corrected chi connectivity index (χ0v) is 6.06. The molecule has 0 aliphatic rings. The molecule has 0 bridgehead atoms. The predicted molar refractivity (Wildman–Crippen MR) is 44.7 cm³/mol. The lowest BCUT2D eigenvalue weighted by molar-refractivity contribution is 1.34. The highest BCUT2D eigenvalue weighted by atomic mass is 35.5. The second kappa shape index (κ2) is 3.12. The highest BCUT2D eigenvalue weighted by Gasteiger charge is 1.95. The van der Waals surface area contributed by atoms with Gasteiger partial charge in [0.25, 0.3) is 0 Å². The van der Waals surface area contributed by atoms with Crippen molar-refractivity contribution in [2.24, 2.45) is 0 Å². The molecule has 0 fully saturated rings. The van der Waals surface area contributed by atoms with Crippen LogP contribution in [0.25, 0.3) is 0 Å². The van der Waals surface area contributed by atoms with Gasteiger partial charge in [0.15, 0.2) is 0 Å². The molecule has 10 heavy (non-hydrogen) atoms. The molecule has 4 nitrogen and oxygen atoms in total. The van der Waals surface area contributed by atoms with Gasteiger partial charge in [-0.3, -0.25) is 4.98 Å². The van der Waals surface area contributed by atoms with Gasteiger partial charge in [-0.1, -0.05) is 0 Å². The summed E-state index contributed by atoms with van der Waals surface area (Å²) in [5, 5.41) is 0. The van der Waals surface area contributed by atoms with Crippen LogP contribution in [0.2, 0.25) is 0 Å². The first-order valence-corrected chi connectivity index (χ1v) is 2.46. The van der Waals surface area contributed by atoms with Gasteiger partial charge in [-0.15, -0.1) is 12.4 Å². The lowest BCUT2D eigenvalue weighted by atomic mass is 10.3. The van der Waals surface area contributed by atoms with E-state index >= 15 is 0 Å². The lowest BCUT2D eigenvalue weighted by Crippen LogP contribution is -2.00. The molecule has 0 amide bonds. The Balaban J connectivity index is 0.000000810. The molecule has 0 radical (unpaired) electrons. The largest absolute Gasteiger partial charge is 0.396 e. The van der Waals surface area contributed by atoms with Crippen LogP contribution in [-0.2, 0) is 0 Å². The predicted octanol–water partition coefficient (Wildman–Crippen LogP) is 0.250. The van der Waals surface area contributed by atoms with Gasteiger partial charge in [-0.2, -0.15) is 0 Å². The number of anilines is 3. The summed E-state index contributed by atoms with van der Waals surface area (Å²) < 4.78 is 0. The molecule has 1 aromatic rings. The Bertz CT molecular complexity index is 205. The number of nitrogens with two attached hydrogens (primary N) is 3. The standard InChI is InChI=1S/C5H8N4.ClH/c6-3-1-9-2-4(7)5(3)8;/h1-2H,6-7H2,(H2,8,9);1H. The van der Waals surface area contributed by atoms with Crippen molar-refractivity contribution < 1.29 is 0 Å². The molecule has 0 aliphatic carbocycles. The van der Waals surface area contributed by atoms with Gasteiger partial charge in [0, 0.05) is 0 Å². The minimum atomic E-state index is 0. The van der Waals surface area contributed by atoms with Crippen LogP contribution >= 0.6 is 12.4 Å². The Labute approximate surface area is 64.8 Å². The highest BCUT2D eigenvalue weighted by Crippen LogP contribution is 2.18. The summed E-state index contributed by atoms with van der Waals surface area (Å²) in [6.45, 7) is 0. The number of pyridine rings is 1. The van der Waals surface area contributed by atoms with Crippen LogP contribution in [-0.4, -0.2) is 4.98 Å². The Morgan fingerprint density at radius 1 is 1.00 bits per heavy atom. The quantitative estimate of drug-likeness (QED) is 0.508. The Morgan fingerprint density at radius 3 is 1.70 bits per heavy atom. The molecule has 5 heteroatoms. The van der Waals surface area contributed by atoms with E-state index in [0.29, 0.717) is 17.1 Å². The van der Waals surface area contributed by atoms with Gasteiger partial charge < -0.3 is 17.2 Å². The first-order chi connectivity index (χ1) is 4.22. The summed E-state index contributed by atoms with van der Waals surface area (Å²) in [7, 11) is 0. The van der Waals surface area contributed by atoms with Crippen LogP contribution in [0, 0.1) is 0 Å². The normalized spacial score (nSPS) is 8.40. The Hall–Kier alpha value is -1.16. The number of halogens is 1. The summed E-state index contributed by atoms with van der Waals surface area (Å²) in [6, 6.07) is 0. The van der Waals surface area contributed by atoms with E-state index in [0.717, 1.165) is 0 Å². The third kappa shape index (κ3) is 1.41. The number of nitrogens with zero attached hydrogens (tertiary/aromatic N) is 1. The van der Waals surface area contributed by atoms with Crippen LogP contribution in [0.15, 0.2) is 12.4 Å². The topological polar surface area (TPSA) is 90.9 Å². The van der Waals surface area contributed by atoms with Gasteiger partial charge in [-0.05, 0) is 0 Å². The summed E-state index contributed by atoms with van der Waals surface area (Å²) in [5.74, 6) is 0. The molecule has 56 valence electrons. The average Bonchev–Trinajstić information content (AvgIpc) is 1.83. The molecule has 0 saturated carbocycles. The highest BCUT2D eigenvalue weighted by molar-refractivity contribution is 5.85. The first kappa shape index (κ1) is 8.84. The van der Waals surface area contributed by atoms with E-state index in [4.69, 9.17) is 17.2 Å². The zero-order valence-electron chi connectivity index (χ0n) is 5.24. The van der Waals surface area contributed by atoms with E-state index in [1.54, 1.807) is 0 Å². The van der Waals surface area contributed by atoms with Crippen molar-refractivity contribution in [2.75, 3.05) is 17.2 Å². The van der Waals surface area contributed by atoms with Crippen LogP contribution in [0.4, 0.5) is 17.1 Å². The van der Waals surface area contributed by atoms with Gasteiger partial charge >= 0.3 is 0 Å². The van der Waals surface area contributed by atoms with E-state index < -0.39 is 0 Å². The van der Waals surface area contributed by atoms with Crippen molar-refractivity contribution in [2.45, 2.75) is 0 Å². The zero-order chi connectivity index (χ0) is 6.85. The molecule has 0 saturated heterocycles. The number of hydrogen-bond donors (Lipinski definition) is 3. The maximum atomic E-state index is 5.39. The van der Waals surface area contributed by atoms with Crippen LogP contribution in [0.1, 0.15) is 0 Å². The van der Waals surface area contributed by atoms with E-state index in [1.165, 1.54) is 12.4 Å². The second-order valence-electron chi connectivity index (χ2n) is 1.73. The molecule has 0 aliphatic heterocycles. The van der Waals surface area contributed by atoms with E-state index in [1.807, 2.05) is 0 Å². The molecule has 0 spiro atoms. The van der Waals surface area contributed by atoms with Gasteiger partial charge in [0.05, 0.1) is 29.5 Å². The van der Waals surface area contributed by atoms with Crippen molar-refractivity contribution in [1.82, 2.24) is 4.98 Å². The number of hydrogen-bond acceptors (Lipinski definition) is 4. The Morgan fingerprint density at radius 2 is 1.40 bits per heavy atom. The number of nitrogen functional groups attached to an aromatic ring is 3. The van der Waals surface area contributed by atoms with Crippen molar-refractivity contribution in [1.29, 1.82) is 0 Å². The van der Waals surface area contributed by atoms with Crippen LogP contribution in [0.3, 0.4) is 0 Å². The molecule has 0 aromatic carbocycles. The maximum Gasteiger partial charge on any atom is 0.0813 e. The summed E-state index contributed by atoms with van der Waals surface area (Å²) >= 11 is 0. The summed E-state index contributed by atoms with van der Waals surface area (Å²) in [5.41, 5.74) is 17.4.